The average Bonchev–Trinajstić information content (AvgIpc) is 1.85. The minimum absolute atomic E-state index is 0.0648. The third kappa shape index (κ3) is 25.0. The second kappa shape index (κ2) is 8.77. The van der Waals surface area contributed by atoms with Gasteiger partial charge in [-0.3, -0.25) is 12.9 Å². The van der Waals surface area contributed by atoms with Crippen LogP contribution in [0.1, 0.15) is 6.92 Å². The van der Waals surface area contributed by atoms with Crippen LogP contribution in [0.25, 0.3) is 0 Å². The summed E-state index contributed by atoms with van der Waals surface area (Å²) in [6.45, 7) is 1.83. The maximum absolute atomic E-state index is 9.67. The maximum Gasteiger partial charge on any atom is 0.762 e. The molecule has 0 saturated carbocycles. The Morgan fingerprint density at radius 3 is 1.30 bits per heavy atom. The zero-order chi connectivity index (χ0) is 8.57. The van der Waals surface area contributed by atoms with Crippen molar-refractivity contribution in [3.8, 4) is 0 Å². The summed E-state index contributed by atoms with van der Waals surface area (Å²) in [7, 11) is -0.456. The standard InChI is InChI=1S/C4H10O2.BF3/c1-4(5-2)6-3;2-1(3)4/h4H,1-3H3;. The molecule has 0 unspecified atom stereocenters. The zero-order valence-corrected chi connectivity index (χ0v) is 6.11. The van der Waals surface area contributed by atoms with E-state index in [-0.39, 0.29) is 6.29 Å². The summed E-state index contributed by atoms with van der Waals surface area (Å²) >= 11 is 0. The Hall–Kier alpha value is -0.225. The number of methoxy groups -OCH3 is 2. The predicted molar refractivity (Wildman–Crippen MR) is 32.6 cm³/mol. The van der Waals surface area contributed by atoms with Gasteiger partial charge >= 0.3 is 7.54 Å². The highest BCUT2D eigenvalue weighted by Gasteiger charge is 2.06. The first kappa shape index (κ1) is 12.5. The molecule has 0 aliphatic carbocycles. The molecule has 0 atom stereocenters. The Kier molecular flexibility index (Phi) is 10.9. The molecule has 0 fully saturated rings. The van der Waals surface area contributed by atoms with E-state index >= 15 is 0 Å². The Bertz CT molecular complexity index is 57.7. The lowest BCUT2D eigenvalue weighted by Gasteiger charge is -2.03. The summed E-state index contributed by atoms with van der Waals surface area (Å²) in [6, 6.07) is 0. The van der Waals surface area contributed by atoms with Gasteiger partial charge < -0.3 is 9.47 Å². The molecule has 0 N–H and O–H groups in total. The molecule has 0 saturated heterocycles. The zero-order valence-electron chi connectivity index (χ0n) is 6.11. The van der Waals surface area contributed by atoms with Crippen molar-refractivity contribution in [1.29, 1.82) is 0 Å². The van der Waals surface area contributed by atoms with Crippen LogP contribution in [0.4, 0.5) is 12.9 Å². The number of ether oxygens (including phenoxy) is 2. The number of hydrogen-bond acceptors (Lipinski definition) is 2. The summed E-state index contributed by atoms with van der Waals surface area (Å²) in [5, 5.41) is 0. The summed E-state index contributed by atoms with van der Waals surface area (Å²) in [6.07, 6.45) is -0.0648. The summed E-state index contributed by atoms with van der Waals surface area (Å²) in [5.74, 6) is 0. The van der Waals surface area contributed by atoms with E-state index in [4.69, 9.17) is 0 Å². The predicted octanol–water partition coefficient (Wildman–Crippen LogP) is 1.50. The first-order valence-corrected chi connectivity index (χ1v) is 2.52. The molecule has 0 rings (SSSR count). The van der Waals surface area contributed by atoms with E-state index in [0.717, 1.165) is 0 Å². The minimum Gasteiger partial charge on any atom is -0.356 e. The summed E-state index contributed by atoms with van der Waals surface area (Å²) in [4.78, 5) is 0. The summed E-state index contributed by atoms with van der Waals surface area (Å²) in [5.41, 5.74) is 0. The van der Waals surface area contributed by atoms with Gasteiger partial charge in [0.05, 0.1) is 0 Å². The molecule has 0 bridgehead atoms. The van der Waals surface area contributed by atoms with Crippen LogP contribution in [0, 0.1) is 0 Å². The summed E-state index contributed by atoms with van der Waals surface area (Å²) < 4.78 is 38.4. The van der Waals surface area contributed by atoms with Crippen molar-refractivity contribution in [2.45, 2.75) is 13.2 Å². The van der Waals surface area contributed by atoms with E-state index in [9.17, 15) is 12.9 Å². The fourth-order valence-electron chi connectivity index (χ4n) is 0.0962. The third-order valence-corrected chi connectivity index (χ3v) is 0.664. The lowest BCUT2D eigenvalue weighted by atomic mass is 10.5. The van der Waals surface area contributed by atoms with Crippen molar-refractivity contribution >= 4 is 7.54 Å². The van der Waals surface area contributed by atoms with Crippen LogP contribution in [-0.4, -0.2) is 28.1 Å². The molecule has 6 heteroatoms. The van der Waals surface area contributed by atoms with E-state index in [1.807, 2.05) is 6.92 Å². The number of hydrogen-bond donors (Lipinski definition) is 0. The van der Waals surface area contributed by atoms with E-state index in [0.29, 0.717) is 0 Å². The molecule has 0 amide bonds. The molecule has 0 radical (unpaired) electrons. The van der Waals surface area contributed by atoms with Crippen molar-refractivity contribution in [2.24, 2.45) is 0 Å². The monoisotopic (exact) mass is 158 g/mol. The molecule has 0 aromatic rings. The fraction of sp³-hybridized carbons (Fsp3) is 1.00. The van der Waals surface area contributed by atoms with E-state index < -0.39 is 7.54 Å². The fourth-order valence-corrected chi connectivity index (χ4v) is 0.0962. The number of halogens is 3. The Labute approximate surface area is 58.5 Å². The van der Waals surface area contributed by atoms with Gasteiger partial charge in [0.15, 0.2) is 6.29 Å². The molecular formula is C4H10BF3O2. The Morgan fingerprint density at radius 1 is 1.10 bits per heavy atom. The van der Waals surface area contributed by atoms with Crippen LogP contribution >= 0.6 is 0 Å². The van der Waals surface area contributed by atoms with Gasteiger partial charge in [-0.1, -0.05) is 0 Å². The van der Waals surface area contributed by atoms with Gasteiger partial charge in [0.2, 0.25) is 0 Å². The van der Waals surface area contributed by atoms with Crippen molar-refractivity contribution in [3.05, 3.63) is 0 Å². The van der Waals surface area contributed by atoms with Gasteiger partial charge in [0.25, 0.3) is 0 Å². The van der Waals surface area contributed by atoms with E-state index in [1.165, 1.54) is 0 Å². The highest BCUT2D eigenvalue weighted by atomic mass is 19.4. The Balaban J connectivity index is 0. The first-order valence-electron chi connectivity index (χ1n) is 2.52. The molecular weight excluding hydrogens is 148 g/mol. The van der Waals surface area contributed by atoms with Gasteiger partial charge in [-0.15, -0.1) is 0 Å². The molecule has 10 heavy (non-hydrogen) atoms. The first-order chi connectivity index (χ1) is 4.54. The van der Waals surface area contributed by atoms with Gasteiger partial charge in [-0.25, -0.2) is 0 Å². The van der Waals surface area contributed by atoms with Crippen LogP contribution in [-0.2, 0) is 9.47 Å². The van der Waals surface area contributed by atoms with Crippen LogP contribution in [0.5, 0.6) is 0 Å². The van der Waals surface area contributed by atoms with Gasteiger partial charge in [-0.05, 0) is 6.92 Å². The van der Waals surface area contributed by atoms with E-state index in [2.05, 4.69) is 9.47 Å². The van der Waals surface area contributed by atoms with Gasteiger partial charge in [-0.2, -0.15) is 0 Å². The van der Waals surface area contributed by atoms with E-state index in [1.54, 1.807) is 14.2 Å². The van der Waals surface area contributed by atoms with Crippen molar-refractivity contribution in [3.63, 3.8) is 0 Å². The van der Waals surface area contributed by atoms with Crippen molar-refractivity contribution in [2.75, 3.05) is 14.2 Å². The largest absolute Gasteiger partial charge is 0.762 e. The van der Waals surface area contributed by atoms with Gasteiger partial charge in [0.1, 0.15) is 0 Å². The van der Waals surface area contributed by atoms with Crippen LogP contribution in [0.3, 0.4) is 0 Å². The minimum atomic E-state index is -3.67. The molecule has 0 aromatic heterocycles. The maximum atomic E-state index is 9.67. The lowest BCUT2D eigenvalue weighted by molar-refractivity contribution is -0.0877. The van der Waals surface area contributed by atoms with Crippen molar-refractivity contribution < 1.29 is 22.4 Å². The smallest absolute Gasteiger partial charge is 0.356 e. The van der Waals surface area contributed by atoms with Gasteiger partial charge in [0, 0.05) is 14.2 Å². The third-order valence-electron chi connectivity index (χ3n) is 0.664. The van der Waals surface area contributed by atoms with Crippen LogP contribution < -0.4 is 0 Å². The normalized spacial score (nSPS) is 8.70. The van der Waals surface area contributed by atoms with Crippen molar-refractivity contribution in [1.82, 2.24) is 0 Å². The molecule has 62 valence electrons. The quantitative estimate of drug-likeness (QED) is 0.447. The highest BCUT2D eigenvalue weighted by molar-refractivity contribution is 6.33. The second-order valence-electron chi connectivity index (χ2n) is 1.29. The lowest BCUT2D eigenvalue weighted by Crippen LogP contribution is -2.05. The second-order valence-corrected chi connectivity index (χ2v) is 1.29. The molecule has 0 heterocycles. The molecule has 0 aliphatic heterocycles. The molecule has 0 spiro atoms. The topological polar surface area (TPSA) is 18.5 Å². The molecule has 0 aromatic carbocycles. The average molecular weight is 158 g/mol. The number of rotatable bonds is 2. The van der Waals surface area contributed by atoms with Crippen LogP contribution in [0.15, 0.2) is 0 Å². The molecule has 2 nitrogen and oxygen atoms in total. The van der Waals surface area contributed by atoms with Crippen LogP contribution in [0.2, 0.25) is 0 Å². The SMILES string of the molecule is COC(C)OC.FB(F)F. The Morgan fingerprint density at radius 2 is 1.30 bits per heavy atom. The molecule has 0 aliphatic rings. The highest BCUT2D eigenvalue weighted by Crippen LogP contribution is 1.83.